The lowest BCUT2D eigenvalue weighted by atomic mass is 10.1. The minimum atomic E-state index is -3.50. The smallest absolute Gasteiger partial charge is 0.243 e. The molecular formula is C10H21NO5S. The van der Waals surface area contributed by atoms with Crippen LogP contribution in [0.1, 0.15) is 13.8 Å². The van der Waals surface area contributed by atoms with Gasteiger partial charge < -0.3 is 14.7 Å². The maximum atomic E-state index is 11.9. The molecule has 0 aliphatic rings. The first-order valence-corrected chi connectivity index (χ1v) is 7.05. The van der Waals surface area contributed by atoms with E-state index in [1.165, 1.54) is 32.9 Å². The van der Waals surface area contributed by atoms with E-state index < -0.39 is 26.6 Å². The monoisotopic (exact) mass is 267 g/mol. The summed E-state index contributed by atoms with van der Waals surface area (Å²) in [5, 5.41) is 9.47. The molecule has 1 N–H and O–H groups in total. The highest BCUT2D eigenvalue weighted by Gasteiger charge is 2.40. The first kappa shape index (κ1) is 16.3. The molecule has 0 saturated heterocycles. The number of hydrogen-bond donors (Lipinski definition) is 1. The predicted molar refractivity (Wildman–Crippen MR) is 64.4 cm³/mol. The number of aliphatic hydroxyl groups is 1. The normalized spacial score (nSPS) is 14.5. The van der Waals surface area contributed by atoms with Gasteiger partial charge in [-0.05, 0) is 13.8 Å². The number of carbonyl (C=O) groups is 1. The van der Waals surface area contributed by atoms with Crippen molar-refractivity contribution in [1.82, 2.24) is 4.90 Å². The molecule has 6 nitrogen and oxygen atoms in total. The average molecular weight is 267 g/mol. The van der Waals surface area contributed by atoms with Gasteiger partial charge in [0.2, 0.25) is 5.91 Å². The lowest BCUT2D eigenvalue weighted by Gasteiger charge is -2.29. The van der Waals surface area contributed by atoms with E-state index in [1.807, 2.05) is 0 Å². The molecule has 0 rings (SSSR count). The van der Waals surface area contributed by atoms with Crippen molar-refractivity contribution in [3.8, 4) is 0 Å². The van der Waals surface area contributed by atoms with Crippen LogP contribution in [-0.2, 0) is 19.4 Å². The highest BCUT2D eigenvalue weighted by Crippen LogP contribution is 2.18. The number of likely N-dealkylation sites (N-methyl/N-ethyl adjacent to an activating group) is 1. The maximum absolute atomic E-state index is 11.9. The van der Waals surface area contributed by atoms with E-state index in [9.17, 15) is 18.3 Å². The number of methoxy groups -OCH3 is 1. The Hall–Kier alpha value is -0.660. The number of ether oxygens (including phenoxy) is 1. The van der Waals surface area contributed by atoms with Crippen molar-refractivity contribution in [3.05, 3.63) is 0 Å². The molecule has 1 unspecified atom stereocenters. The van der Waals surface area contributed by atoms with Gasteiger partial charge in [-0.25, -0.2) is 8.42 Å². The highest BCUT2D eigenvalue weighted by atomic mass is 32.2. The Bertz CT molecular complexity index is 363. The number of rotatable bonds is 6. The summed E-state index contributed by atoms with van der Waals surface area (Å²) < 4.78 is 26.2. The second kappa shape index (κ2) is 5.79. The summed E-state index contributed by atoms with van der Waals surface area (Å²) in [7, 11) is -0.610. The third-order valence-electron chi connectivity index (χ3n) is 2.63. The number of hydrogen-bond acceptors (Lipinski definition) is 5. The average Bonchev–Trinajstić information content (AvgIpc) is 2.14. The van der Waals surface area contributed by atoms with Gasteiger partial charge in [-0.2, -0.15) is 0 Å². The molecule has 0 radical (unpaired) electrons. The minimum Gasteiger partial charge on any atom is -0.389 e. The quantitative estimate of drug-likeness (QED) is 0.686. The van der Waals surface area contributed by atoms with Crippen LogP contribution in [0.3, 0.4) is 0 Å². The van der Waals surface area contributed by atoms with E-state index in [2.05, 4.69) is 0 Å². The highest BCUT2D eigenvalue weighted by molar-refractivity contribution is 7.92. The number of carbonyl (C=O) groups excluding carboxylic acids is 1. The summed E-state index contributed by atoms with van der Waals surface area (Å²) >= 11 is 0. The Kier molecular flexibility index (Phi) is 5.57. The summed E-state index contributed by atoms with van der Waals surface area (Å²) in [4.78, 5) is 13.1. The van der Waals surface area contributed by atoms with E-state index in [-0.39, 0.29) is 13.2 Å². The largest absolute Gasteiger partial charge is 0.389 e. The van der Waals surface area contributed by atoms with Crippen molar-refractivity contribution < 1.29 is 23.1 Å². The van der Waals surface area contributed by atoms with Crippen LogP contribution in [0.25, 0.3) is 0 Å². The summed E-state index contributed by atoms with van der Waals surface area (Å²) in [5.74, 6) is -0.546. The standard InChI is InChI=1S/C10H21NO5S/c1-10(2,17(5,14)15)9(13)11(3)6-8(12)7-16-4/h8,12H,6-7H2,1-5H3. The van der Waals surface area contributed by atoms with Crippen molar-refractivity contribution in [2.24, 2.45) is 0 Å². The third kappa shape index (κ3) is 4.25. The molecule has 0 bridgehead atoms. The zero-order valence-electron chi connectivity index (χ0n) is 10.9. The van der Waals surface area contributed by atoms with Crippen LogP contribution in [0.15, 0.2) is 0 Å². The Morgan fingerprint density at radius 1 is 1.47 bits per heavy atom. The SMILES string of the molecule is COCC(O)CN(C)C(=O)C(C)(C)S(C)(=O)=O. The van der Waals surface area contributed by atoms with Crippen LogP contribution in [0.2, 0.25) is 0 Å². The number of amides is 1. The maximum Gasteiger partial charge on any atom is 0.243 e. The molecule has 0 aromatic rings. The molecule has 102 valence electrons. The second-order valence-electron chi connectivity index (χ2n) is 4.58. The molecule has 0 aliphatic heterocycles. The van der Waals surface area contributed by atoms with E-state index in [1.54, 1.807) is 0 Å². The summed E-state index contributed by atoms with van der Waals surface area (Å²) in [5.41, 5.74) is 0. The van der Waals surface area contributed by atoms with E-state index in [0.29, 0.717) is 0 Å². The van der Waals surface area contributed by atoms with Crippen LogP contribution >= 0.6 is 0 Å². The van der Waals surface area contributed by atoms with Gasteiger partial charge in [0, 0.05) is 27.0 Å². The van der Waals surface area contributed by atoms with Crippen LogP contribution in [0, 0.1) is 0 Å². The molecule has 17 heavy (non-hydrogen) atoms. The van der Waals surface area contributed by atoms with Gasteiger partial charge in [-0.15, -0.1) is 0 Å². The zero-order chi connectivity index (χ0) is 13.9. The molecule has 0 aromatic carbocycles. The molecule has 0 saturated carbocycles. The van der Waals surface area contributed by atoms with Gasteiger partial charge in [0.25, 0.3) is 0 Å². The lowest BCUT2D eigenvalue weighted by Crippen LogP contribution is -2.50. The van der Waals surface area contributed by atoms with Crippen LogP contribution in [-0.4, -0.2) is 68.7 Å². The fraction of sp³-hybridized carbons (Fsp3) is 0.900. The summed E-state index contributed by atoms with van der Waals surface area (Å²) in [6.45, 7) is 2.83. The fourth-order valence-corrected chi connectivity index (χ4v) is 1.74. The van der Waals surface area contributed by atoms with Crippen molar-refractivity contribution in [2.45, 2.75) is 24.7 Å². The van der Waals surface area contributed by atoms with Crippen LogP contribution < -0.4 is 0 Å². The van der Waals surface area contributed by atoms with Gasteiger partial charge in [0.1, 0.15) is 4.75 Å². The van der Waals surface area contributed by atoms with Gasteiger partial charge >= 0.3 is 0 Å². The van der Waals surface area contributed by atoms with Crippen molar-refractivity contribution >= 4 is 15.7 Å². The molecule has 0 spiro atoms. The number of aliphatic hydroxyl groups excluding tert-OH is 1. The van der Waals surface area contributed by atoms with Crippen molar-refractivity contribution in [1.29, 1.82) is 0 Å². The van der Waals surface area contributed by atoms with Crippen LogP contribution in [0.5, 0.6) is 0 Å². The fourth-order valence-electron chi connectivity index (χ4n) is 1.26. The van der Waals surface area contributed by atoms with Gasteiger partial charge in [-0.3, -0.25) is 4.79 Å². The van der Waals surface area contributed by atoms with Gasteiger partial charge in [-0.1, -0.05) is 0 Å². The first-order valence-electron chi connectivity index (χ1n) is 5.16. The molecule has 1 amide bonds. The summed E-state index contributed by atoms with van der Waals surface area (Å²) in [6, 6.07) is 0. The molecule has 0 aliphatic carbocycles. The number of sulfone groups is 1. The Morgan fingerprint density at radius 3 is 2.29 bits per heavy atom. The second-order valence-corrected chi connectivity index (χ2v) is 7.14. The molecule has 7 heteroatoms. The molecule has 1 atom stereocenters. The van der Waals surface area contributed by atoms with Gasteiger partial charge in [0.15, 0.2) is 9.84 Å². The van der Waals surface area contributed by atoms with E-state index in [0.717, 1.165) is 6.26 Å². The lowest BCUT2D eigenvalue weighted by molar-refractivity contribution is -0.133. The zero-order valence-corrected chi connectivity index (χ0v) is 11.7. The summed E-state index contributed by atoms with van der Waals surface area (Å²) in [6.07, 6.45) is 0.189. The minimum absolute atomic E-state index is 0.0334. The topological polar surface area (TPSA) is 83.9 Å². The molecule has 0 fully saturated rings. The van der Waals surface area contributed by atoms with E-state index in [4.69, 9.17) is 4.74 Å². The van der Waals surface area contributed by atoms with E-state index >= 15 is 0 Å². The van der Waals surface area contributed by atoms with Crippen LogP contribution in [0.4, 0.5) is 0 Å². The first-order chi connectivity index (χ1) is 7.54. The Morgan fingerprint density at radius 2 is 1.94 bits per heavy atom. The van der Waals surface area contributed by atoms with Crippen molar-refractivity contribution in [2.75, 3.05) is 33.6 Å². The molecule has 0 aromatic heterocycles. The number of nitrogens with zero attached hydrogens (tertiary/aromatic N) is 1. The molecular weight excluding hydrogens is 246 g/mol. The Labute approximate surface area is 102 Å². The van der Waals surface area contributed by atoms with Crippen molar-refractivity contribution in [3.63, 3.8) is 0 Å². The predicted octanol–water partition coefficient (Wildman–Crippen LogP) is -0.725. The third-order valence-corrected chi connectivity index (χ3v) is 4.66. The molecule has 0 heterocycles. The van der Waals surface area contributed by atoms with Gasteiger partial charge in [0.05, 0.1) is 12.7 Å². The Balaban J connectivity index is 4.72.